The van der Waals surface area contributed by atoms with Crippen molar-refractivity contribution in [2.45, 2.75) is 75.7 Å². The summed E-state index contributed by atoms with van der Waals surface area (Å²) >= 11 is 6.56. The van der Waals surface area contributed by atoms with Gasteiger partial charge in [0.2, 0.25) is 29.6 Å². The molecule has 1 atom stereocenters. The average Bonchev–Trinajstić information content (AvgIpc) is 4.05. The number of halogens is 1. The molecular weight excluding hydrogens is 808 g/mol. The van der Waals surface area contributed by atoms with E-state index in [0.717, 1.165) is 49.0 Å². The van der Waals surface area contributed by atoms with Crippen LogP contribution in [0.4, 0.5) is 17.3 Å². The molecule has 15 nitrogen and oxygen atoms in total. The van der Waals surface area contributed by atoms with Gasteiger partial charge in [0, 0.05) is 38.7 Å². The Bertz CT molecular complexity index is 2680. The van der Waals surface area contributed by atoms with Crippen molar-refractivity contribution < 1.29 is 19.2 Å². The topological polar surface area (TPSA) is 168 Å². The lowest BCUT2D eigenvalue weighted by atomic mass is 9.77. The van der Waals surface area contributed by atoms with Crippen LogP contribution in [0.3, 0.4) is 0 Å². The zero-order valence-electron chi connectivity index (χ0n) is 34.7. The Balaban J connectivity index is 0.726. The minimum atomic E-state index is -0.717. The highest BCUT2D eigenvalue weighted by atomic mass is 35.5. The Labute approximate surface area is 363 Å². The van der Waals surface area contributed by atoms with Gasteiger partial charge in [0.05, 0.1) is 63.7 Å². The summed E-state index contributed by atoms with van der Waals surface area (Å²) in [5, 5.41) is 6.10. The first-order valence-corrected chi connectivity index (χ1v) is 22.1. The molecule has 16 heteroatoms. The maximum absolute atomic E-state index is 14.1. The third-order valence-electron chi connectivity index (χ3n) is 13.9. The second-order valence-corrected chi connectivity index (χ2v) is 18.1. The summed E-state index contributed by atoms with van der Waals surface area (Å²) in [6.07, 6.45) is 11.6. The van der Waals surface area contributed by atoms with E-state index in [9.17, 15) is 24.0 Å². The van der Waals surface area contributed by atoms with Crippen LogP contribution in [0.2, 0.25) is 5.02 Å². The molecule has 10 rings (SSSR count). The van der Waals surface area contributed by atoms with Crippen molar-refractivity contribution in [3.63, 3.8) is 0 Å². The summed E-state index contributed by atoms with van der Waals surface area (Å²) in [6.45, 7) is 3.58. The first kappa shape index (κ1) is 40.2. The average molecular weight is 857 g/mol. The van der Waals surface area contributed by atoms with Crippen molar-refractivity contribution in [1.82, 2.24) is 39.2 Å². The predicted molar refractivity (Wildman–Crippen MR) is 234 cm³/mol. The fourth-order valence-electron chi connectivity index (χ4n) is 10.1. The van der Waals surface area contributed by atoms with Crippen LogP contribution in [0, 0.1) is 5.41 Å². The van der Waals surface area contributed by atoms with Crippen molar-refractivity contribution in [1.29, 1.82) is 0 Å². The molecule has 2 aromatic carbocycles. The lowest BCUT2D eigenvalue weighted by Crippen LogP contribution is -2.49. The summed E-state index contributed by atoms with van der Waals surface area (Å²) < 4.78 is 3.08. The Morgan fingerprint density at radius 1 is 0.855 bits per heavy atom. The maximum Gasteiger partial charge on any atom is 0.329 e. The molecule has 5 fully saturated rings. The number of likely N-dealkylation sites (tertiary alicyclic amines) is 2. The van der Waals surface area contributed by atoms with E-state index in [1.807, 2.05) is 46.2 Å². The van der Waals surface area contributed by atoms with Crippen LogP contribution in [0.25, 0.3) is 22.3 Å². The molecule has 7 heterocycles. The Kier molecular flexibility index (Phi) is 10.4. The normalized spacial score (nSPS) is 20.9. The molecule has 1 aliphatic carbocycles. The number of benzene rings is 2. The van der Waals surface area contributed by atoms with Gasteiger partial charge >= 0.3 is 5.69 Å². The Hall–Kier alpha value is -5.93. The van der Waals surface area contributed by atoms with E-state index < -0.39 is 17.4 Å². The number of hydrogen-bond acceptors (Lipinski definition) is 10. The highest BCUT2D eigenvalue weighted by Gasteiger charge is 2.49. The lowest BCUT2D eigenvalue weighted by molar-refractivity contribution is -0.138. The Morgan fingerprint density at radius 3 is 2.39 bits per heavy atom. The second kappa shape index (κ2) is 16.1. The Morgan fingerprint density at radius 2 is 1.61 bits per heavy atom. The quantitative estimate of drug-likeness (QED) is 0.177. The number of pyridine rings is 1. The van der Waals surface area contributed by atoms with Gasteiger partial charge in [-0.05, 0) is 112 Å². The van der Waals surface area contributed by atoms with Crippen LogP contribution in [0.15, 0.2) is 71.9 Å². The maximum atomic E-state index is 14.1. The van der Waals surface area contributed by atoms with E-state index in [2.05, 4.69) is 37.6 Å². The molecule has 2 N–H and O–H groups in total. The number of carbonyl (C=O) groups is 4. The van der Waals surface area contributed by atoms with Crippen LogP contribution in [0.1, 0.15) is 86.8 Å². The first-order valence-electron chi connectivity index (χ1n) is 21.8. The third-order valence-corrected chi connectivity index (χ3v) is 14.2. The number of rotatable bonds is 9. The number of anilines is 3. The molecular formula is C46H49ClN10O5. The second-order valence-electron chi connectivity index (χ2n) is 17.7. The fraction of sp³-hybridized carbons (Fsp3) is 0.435. The third kappa shape index (κ3) is 7.54. The molecule has 1 spiro atoms. The van der Waals surface area contributed by atoms with E-state index in [4.69, 9.17) is 16.6 Å². The van der Waals surface area contributed by atoms with Gasteiger partial charge in [0.1, 0.15) is 6.04 Å². The fourth-order valence-corrected chi connectivity index (χ4v) is 10.3. The van der Waals surface area contributed by atoms with Crippen molar-refractivity contribution in [3.8, 4) is 11.3 Å². The zero-order chi connectivity index (χ0) is 42.7. The van der Waals surface area contributed by atoms with E-state index >= 15 is 0 Å². The number of aromatic nitrogens is 5. The number of fused-ring (bicyclic) bond motifs is 1. The van der Waals surface area contributed by atoms with Crippen LogP contribution in [-0.2, 0) is 26.2 Å². The van der Waals surface area contributed by atoms with Gasteiger partial charge in [-0.15, -0.1) is 0 Å². The van der Waals surface area contributed by atoms with Gasteiger partial charge in [-0.1, -0.05) is 35.9 Å². The smallest absolute Gasteiger partial charge is 0.329 e. The summed E-state index contributed by atoms with van der Waals surface area (Å²) in [5.74, 6) is 0.688. The van der Waals surface area contributed by atoms with E-state index in [-0.39, 0.29) is 35.8 Å². The number of amides is 4. The molecule has 5 aliphatic rings. The molecule has 4 aliphatic heterocycles. The summed E-state index contributed by atoms with van der Waals surface area (Å²) in [6, 6.07) is 15.5. The number of piperidine rings is 3. The number of imide groups is 1. The van der Waals surface area contributed by atoms with Gasteiger partial charge in [-0.2, -0.15) is 0 Å². The number of imidazole rings is 1. The molecule has 62 heavy (non-hydrogen) atoms. The van der Waals surface area contributed by atoms with Crippen LogP contribution < -0.4 is 21.2 Å². The summed E-state index contributed by atoms with van der Waals surface area (Å²) in [4.78, 5) is 84.9. The standard InChI is InChI=1S/C46H49ClN10O5/c1-53-38-22-31(7-8-36(38)57(45(53)62)37-9-10-39(58)51-42(37)60)29-11-16-54(17-12-29)27-40(59)55-18-13-46(14-19-55)15-20-56(43(46)61)34-23-33(24-48-25-34)50-44-49-26-35(47)41(52-44)32-4-2-3-30(21-32)28-5-6-28/h2-4,7-8,21-26,28-29,37H,5-6,9-20,27H2,1H3,(H,49,50,52)(H,51,58,60). The number of nitrogens with zero attached hydrogens (tertiary/aromatic N) is 8. The molecule has 320 valence electrons. The molecule has 0 bridgehead atoms. The van der Waals surface area contributed by atoms with Gasteiger partial charge < -0.3 is 15.1 Å². The molecule has 3 aromatic heterocycles. The van der Waals surface area contributed by atoms with Crippen molar-refractivity contribution >= 4 is 63.6 Å². The van der Waals surface area contributed by atoms with Crippen LogP contribution >= 0.6 is 11.6 Å². The number of carbonyl (C=O) groups excluding carboxylic acids is 4. The summed E-state index contributed by atoms with van der Waals surface area (Å²) in [5.41, 5.74) is 6.06. The van der Waals surface area contributed by atoms with Crippen LogP contribution in [-0.4, -0.2) is 96.8 Å². The molecule has 1 unspecified atom stereocenters. The SMILES string of the molecule is Cn1c(=O)n(C2CCC(=O)NC2=O)c2ccc(C3CCN(CC(=O)N4CCC5(CC4)CCN(c4cncc(Nc6ncc(Cl)c(-c7cccc(C8CC8)c7)n6)c4)C5=O)CC3)cc21. The lowest BCUT2D eigenvalue weighted by Gasteiger charge is -2.39. The molecule has 4 amide bonds. The molecule has 1 saturated carbocycles. The number of nitrogens with one attached hydrogen (secondary N) is 2. The van der Waals surface area contributed by atoms with Gasteiger partial charge in [0.25, 0.3) is 0 Å². The highest BCUT2D eigenvalue weighted by Crippen LogP contribution is 2.44. The van der Waals surface area contributed by atoms with Gasteiger partial charge in [-0.25, -0.2) is 14.8 Å². The highest BCUT2D eigenvalue weighted by molar-refractivity contribution is 6.32. The largest absolute Gasteiger partial charge is 0.342 e. The predicted octanol–water partition coefficient (Wildman–Crippen LogP) is 5.67. The van der Waals surface area contributed by atoms with Gasteiger partial charge in [-0.3, -0.25) is 43.5 Å². The number of hydrogen-bond donors (Lipinski definition) is 2. The molecule has 4 saturated heterocycles. The van der Waals surface area contributed by atoms with Gasteiger partial charge in [0.15, 0.2) is 0 Å². The molecule has 5 aromatic rings. The van der Waals surface area contributed by atoms with Crippen molar-refractivity contribution in [2.75, 3.05) is 49.5 Å². The van der Waals surface area contributed by atoms with E-state index in [1.165, 1.54) is 23.0 Å². The minimum Gasteiger partial charge on any atom is -0.342 e. The van der Waals surface area contributed by atoms with E-state index in [0.29, 0.717) is 84.9 Å². The number of aryl methyl sites for hydroxylation is 1. The first-order chi connectivity index (χ1) is 30.0. The summed E-state index contributed by atoms with van der Waals surface area (Å²) in [7, 11) is 1.71. The minimum absolute atomic E-state index is 0.0805. The van der Waals surface area contributed by atoms with Crippen LogP contribution in [0.5, 0.6) is 0 Å². The van der Waals surface area contributed by atoms with Crippen molar-refractivity contribution in [2.24, 2.45) is 12.5 Å². The van der Waals surface area contributed by atoms with E-state index in [1.54, 1.807) is 30.2 Å². The monoisotopic (exact) mass is 856 g/mol. The van der Waals surface area contributed by atoms with Crippen molar-refractivity contribution in [3.05, 3.63) is 93.8 Å². The zero-order valence-corrected chi connectivity index (χ0v) is 35.4. The molecule has 0 radical (unpaired) electrons.